The zero-order chi connectivity index (χ0) is 21.7. The third kappa shape index (κ3) is 3.66. The lowest BCUT2D eigenvalue weighted by Gasteiger charge is -2.60. The van der Waals surface area contributed by atoms with Crippen LogP contribution in [0, 0.1) is 52.3 Å². The van der Waals surface area contributed by atoms with Gasteiger partial charge in [0.1, 0.15) is 0 Å². The van der Waals surface area contributed by atoms with Gasteiger partial charge in [-0.05, 0) is 90.8 Å². The Kier molecular flexibility index (Phi) is 6.37. The highest BCUT2D eigenvalue weighted by Crippen LogP contribution is 2.68. The number of amides is 1. The van der Waals surface area contributed by atoms with Crippen LogP contribution in [0.15, 0.2) is 0 Å². The van der Waals surface area contributed by atoms with Gasteiger partial charge in [0.05, 0.1) is 0 Å². The molecule has 3 aliphatic carbocycles. The first-order valence-corrected chi connectivity index (χ1v) is 13.5. The van der Waals surface area contributed by atoms with Crippen LogP contribution in [0.5, 0.6) is 0 Å². The summed E-state index contributed by atoms with van der Waals surface area (Å²) in [5, 5.41) is 3.40. The van der Waals surface area contributed by atoms with E-state index in [4.69, 9.17) is 0 Å². The molecule has 2 nitrogen and oxygen atoms in total. The van der Waals surface area contributed by atoms with E-state index in [-0.39, 0.29) is 0 Å². The molecule has 1 aliphatic heterocycles. The van der Waals surface area contributed by atoms with Gasteiger partial charge in [0.25, 0.3) is 0 Å². The summed E-state index contributed by atoms with van der Waals surface area (Å²) in [7, 11) is 0. The van der Waals surface area contributed by atoms with E-state index >= 15 is 0 Å². The van der Waals surface area contributed by atoms with Crippen LogP contribution in [0.2, 0.25) is 0 Å². The SMILES string of the molecule is CCC1C[C@H]2[C@@H]3CC[C@H]4NC(=O)CC[C@]4(C)[C@H]3CC[C@]2(C)[C@H]1[C@H](C)CCCC(C)C. The quantitative estimate of drug-likeness (QED) is 0.487. The van der Waals surface area contributed by atoms with Gasteiger partial charge in [-0.2, -0.15) is 0 Å². The van der Waals surface area contributed by atoms with Crippen LogP contribution < -0.4 is 5.32 Å². The smallest absolute Gasteiger partial charge is 0.220 e. The molecule has 4 rings (SSSR count). The third-order valence-corrected chi connectivity index (χ3v) is 10.9. The average molecular weight is 416 g/mol. The predicted octanol–water partition coefficient (Wildman–Crippen LogP) is 7.22. The lowest BCUT2D eigenvalue weighted by Crippen LogP contribution is -2.61. The van der Waals surface area contributed by atoms with Gasteiger partial charge in [0, 0.05) is 12.5 Å². The molecule has 3 saturated carbocycles. The maximum absolute atomic E-state index is 12.1. The highest BCUT2D eigenvalue weighted by Gasteiger charge is 2.62. The van der Waals surface area contributed by atoms with E-state index in [1.54, 1.807) is 0 Å². The second-order valence-corrected chi connectivity index (χ2v) is 12.9. The van der Waals surface area contributed by atoms with Crippen molar-refractivity contribution < 1.29 is 4.79 Å². The van der Waals surface area contributed by atoms with Gasteiger partial charge in [-0.1, -0.05) is 67.2 Å². The molecule has 0 radical (unpaired) electrons. The van der Waals surface area contributed by atoms with Crippen LogP contribution in [0.1, 0.15) is 112 Å². The number of rotatable bonds is 6. The number of carbonyl (C=O) groups is 1. The van der Waals surface area contributed by atoms with Crippen molar-refractivity contribution in [3.05, 3.63) is 0 Å². The second-order valence-electron chi connectivity index (χ2n) is 12.9. The van der Waals surface area contributed by atoms with Crippen molar-refractivity contribution in [3.8, 4) is 0 Å². The van der Waals surface area contributed by atoms with Gasteiger partial charge in [-0.3, -0.25) is 4.79 Å². The summed E-state index contributed by atoms with van der Waals surface area (Å²) in [6.07, 6.45) is 14.4. The molecule has 1 amide bonds. The van der Waals surface area contributed by atoms with Crippen molar-refractivity contribution in [2.45, 2.75) is 118 Å². The fraction of sp³-hybridized carbons (Fsp3) is 0.964. The number of fused-ring (bicyclic) bond motifs is 5. The molecule has 0 aromatic rings. The molecule has 1 unspecified atom stereocenters. The van der Waals surface area contributed by atoms with Crippen molar-refractivity contribution in [3.63, 3.8) is 0 Å². The minimum absolute atomic E-state index is 0.304. The zero-order valence-corrected chi connectivity index (χ0v) is 20.8. The van der Waals surface area contributed by atoms with Crippen molar-refractivity contribution in [2.75, 3.05) is 0 Å². The Morgan fingerprint density at radius 1 is 1.00 bits per heavy atom. The van der Waals surface area contributed by atoms with E-state index in [0.29, 0.717) is 22.8 Å². The van der Waals surface area contributed by atoms with E-state index in [2.05, 4.69) is 46.9 Å². The minimum atomic E-state index is 0.304. The van der Waals surface area contributed by atoms with Gasteiger partial charge >= 0.3 is 0 Å². The molecule has 1 heterocycles. The lowest BCUT2D eigenvalue weighted by molar-refractivity contribution is -0.137. The van der Waals surface area contributed by atoms with Gasteiger partial charge in [-0.25, -0.2) is 0 Å². The zero-order valence-electron chi connectivity index (χ0n) is 20.8. The molecule has 0 aromatic heterocycles. The molecule has 1 saturated heterocycles. The monoisotopic (exact) mass is 415 g/mol. The summed E-state index contributed by atoms with van der Waals surface area (Å²) in [5.41, 5.74) is 0.904. The normalized spacial score (nSPS) is 46.7. The summed E-state index contributed by atoms with van der Waals surface area (Å²) in [5.74, 6) is 6.55. The van der Waals surface area contributed by atoms with E-state index in [1.165, 1.54) is 57.8 Å². The number of nitrogens with one attached hydrogen (secondary N) is 1. The van der Waals surface area contributed by atoms with Crippen LogP contribution in [0.4, 0.5) is 0 Å². The van der Waals surface area contributed by atoms with E-state index in [9.17, 15) is 4.79 Å². The molecule has 1 N–H and O–H groups in total. The lowest BCUT2D eigenvalue weighted by atomic mass is 9.46. The first-order chi connectivity index (χ1) is 14.2. The van der Waals surface area contributed by atoms with Crippen molar-refractivity contribution in [1.82, 2.24) is 5.32 Å². The molecular weight excluding hydrogens is 366 g/mol. The fourth-order valence-corrected chi connectivity index (χ4v) is 9.48. The minimum Gasteiger partial charge on any atom is -0.353 e. The van der Waals surface area contributed by atoms with Crippen molar-refractivity contribution in [2.24, 2.45) is 52.3 Å². The van der Waals surface area contributed by atoms with Gasteiger partial charge in [0.15, 0.2) is 0 Å². The first-order valence-electron chi connectivity index (χ1n) is 13.5. The van der Waals surface area contributed by atoms with Crippen molar-refractivity contribution in [1.29, 1.82) is 0 Å². The molecule has 9 atom stereocenters. The van der Waals surface area contributed by atoms with Crippen LogP contribution in [-0.2, 0) is 4.79 Å². The molecule has 0 bridgehead atoms. The fourth-order valence-electron chi connectivity index (χ4n) is 9.48. The molecule has 0 spiro atoms. The number of hydrogen-bond donors (Lipinski definition) is 1. The maximum Gasteiger partial charge on any atom is 0.220 e. The highest BCUT2D eigenvalue weighted by atomic mass is 16.1. The molecule has 4 aliphatic rings. The Morgan fingerprint density at radius 3 is 2.47 bits per heavy atom. The maximum atomic E-state index is 12.1. The number of piperidine rings is 1. The van der Waals surface area contributed by atoms with Crippen molar-refractivity contribution >= 4 is 5.91 Å². The topological polar surface area (TPSA) is 29.1 Å². The van der Waals surface area contributed by atoms with Gasteiger partial charge in [0.2, 0.25) is 5.91 Å². The number of hydrogen-bond acceptors (Lipinski definition) is 1. The predicted molar refractivity (Wildman–Crippen MR) is 126 cm³/mol. The number of carbonyl (C=O) groups excluding carboxylic acids is 1. The Bertz CT molecular complexity index is 628. The molecule has 30 heavy (non-hydrogen) atoms. The molecule has 4 fully saturated rings. The van der Waals surface area contributed by atoms with Crippen LogP contribution in [-0.4, -0.2) is 11.9 Å². The molecule has 2 heteroatoms. The largest absolute Gasteiger partial charge is 0.353 e. The Hall–Kier alpha value is -0.530. The standard InChI is InChI=1S/C28H49NO/c1-7-20-17-23-21-11-12-24-27(5,16-14-25(30)29-24)22(21)13-15-28(23,6)26(20)19(4)10-8-9-18(2)3/h18-24,26H,7-17H2,1-6H3,(H,29,30)/t19-,20?,21-,22+,23+,24-,26+,27-,28+/m1/s1. The Morgan fingerprint density at radius 2 is 1.77 bits per heavy atom. The van der Waals surface area contributed by atoms with E-state index < -0.39 is 0 Å². The second kappa shape index (κ2) is 8.43. The molecule has 0 aromatic carbocycles. The summed E-state index contributed by atoms with van der Waals surface area (Å²) < 4.78 is 0. The molecular formula is C28H49NO. The third-order valence-electron chi connectivity index (χ3n) is 10.9. The van der Waals surface area contributed by atoms with Crippen LogP contribution in [0.25, 0.3) is 0 Å². The van der Waals surface area contributed by atoms with Crippen LogP contribution in [0.3, 0.4) is 0 Å². The van der Waals surface area contributed by atoms with Gasteiger partial charge in [-0.15, -0.1) is 0 Å². The summed E-state index contributed by atoms with van der Waals surface area (Å²) >= 11 is 0. The van der Waals surface area contributed by atoms with Crippen LogP contribution >= 0.6 is 0 Å². The van der Waals surface area contributed by atoms with Gasteiger partial charge < -0.3 is 5.32 Å². The Balaban J connectivity index is 1.53. The Labute approximate surface area is 186 Å². The summed E-state index contributed by atoms with van der Waals surface area (Å²) in [4.78, 5) is 12.1. The summed E-state index contributed by atoms with van der Waals surface area (Å²) in [6.45, 7) is 15.1. The summed E-state index contributed by atoms with van der Waals surface area (Å²) in [6, 6.07) is 0.443. The first kappa shape index (κ1) is 22.7. The highest BCUT2D eigenvalue weighted by molar-refractivity contribution is 5.77. The molecule has 172 valence electrons. The van der Waals surface area contributed by atoms with E-state index in [1.807, 2.05) is 0 Å². The average Bonchev–Trinajstić information content (AvgIpc) is 3.00. The van der Waals surface area contributed by atoms with E-state index in [0.717, 1.165) is 54.3 Å².